The van der Waals surface area contributed by atoms with Crippen LogP contribution in [0.5, 0.6) is 5.75 Å². The highest BCUT2D eigenvalue weighted by molar-refractivity contribution is 5.65. The average molecular weight is 667 g/mol. The Balaban J connectivity index is 1.11. The fraction of sp³-hybridized carbons (Fsp3) is 0.526. The maximum atomic E-state index is 15.3. The SMILES string of the molecule is CCCCCC1CCC(c2ccc(C3CCC(CCC(F)(F)Oc4ccc(-c5cc(F)c(F)c(F)c5)c(F)c4)CC3)c(F)c2F)CC1. The van der Waals surface area contributed by atoms with E-state index in [0.29, 0.717) is 60.9 Å². The summed E-state index contributed by atoms with van der Waals surface area (Å²) in [5.74, 6) is -7.26. The van der Waals surface area contributed by atoms with Gasteiger partial charge in [-0.05, 0) is 122 Å². The van der Waals surface area contributed by atoms with Crippen LogP contribution < -0.4 is 4.74 Å². The summed E-state index contributed by atoms with van der Waals surface area (Å²) in [6, 6.07) is 7.47. The normalized spacial score (nSPS) is 22.0. The summed E-state index contributed by atoms with van der Waals surface area (Å²) in [6.07, 6.45) is 6.92. The van der Waals surface area contributed by atoms with Gasteiger partial charge in [-0.3, -0.25) is 0 Å². The minimum Gasteiger partial charge on any atom is -0.432 e. The molecule has 5 rings (SSSR count). The first-order valence-corrected chi connectivity index (χ1v) is 16.9. The average Bonchev–Trinajstić information content (AvgIpc) is 3.04. The first kappa shape index (κ1) is 35.2. The lowest BCUT2D eigenvalue weighted by molar-refractivity contribution is -0.183. The highest BCUT2D eigenvalue weighted by Crippen LogP contribution is 2.43. The van der Waals surface area contributed by atoms with Gasteiger partial charge in [-0.25, -0.2) is 26.3 Å². The smallest absolute Gasteiger partial charge is 0.397 e. The van der Waals surface area contributed by atoms with Crippen LogP contribution >= 0.6 is 0 Å². The molecule has 0 amide bonds. The predicted molar refractivity (Wildman–Crippen MR) is 166 cm³/mol. The van der Waals surface area contributed by atoms with E-state index in [0.717, 1.165) is 37.8 Å². The van der Waals surface area contributed by atoms with Crippen molar-refractivity contribution in [2.45, 2.75) is 115 Å². The summed E-state index contributed by atoms with van der Waals surface area (Å²) >= 11 is 0. The zero-order chi connectivity index (χ0) is 33.7. The van der Waals surface area contributed by atoms with Crippen molar-refractivity contribution in [2.75, 3.05) is 0 Å². The number of unbranched alkanes of at least 4 members (excludes halogenated alkanes) is 2. The first-order valence-electron chi connectivity index (χ1n) is 16.9. The van der Waals surface area contributed by atoms with Gasteiger partial charge in [0, 0.05) is 11.6 Å². The highest BCUT2D eigenvalue weighted by Gasteiger charge is 2.35. The molecule has 0 N–H and O–H groups in total. The van der Waals surface area contributed by atoms with Gasteiger partial charge in [-0.2, -0.15) is 8.78 Å². The Morgan fingerprint density at radius 2 is 1.15 bits per heavy atom. The molecule has 1 nitrogen and oxygen atoms in total. The second kappa shape index (κ2) is 15.4. The summed E-state index contributed by atoms with van der Waals surface area (Å²) in [5, 5.41) is 0. The molecule has 2 aliphatic carbocycles. The molecule has 9 heteroatoms. The van der Waals surface area contributed by atoms with Crippen molar-refractivity contribution in [3.63, 3.8) is 0 Å². The van der Waals surface area contributed by atoms with Crippen LogP contribution in [0.2, 0.25) is 0 Å². The van der Waals surface area contributed by atoms with Crippen LogP contribution in [-0.4, -0.2) is 6.11 Å². The van der Waals surface area contributed by atoms with Crippen LogP contribution in [0.15, 0.2) is 42.5 Å². The summed E-state index contributed by atoms with van der Waals surface area (Å²) in [5.41, 5.74) is 0.244. The van der Waals surface area contributed by atoms with E-state index in [1.165, 1.54) is 25.7 Å². The topological polar surface area (TPSA) is 9.23 Å². The fourth-order valence-electron chi connectivity index (χ4n) is 7.52. The second-order valence-electron chi connectivity index (χ2n) is 13.5. The molecule has 2 fully saturated rings. The number of ether oxygens (including phenoxy) is 1. The van der Waals surface area contributed by atoms with Gasteiger partial charge in [0.1, 0.15) is 11.6 Å². The number of benzene rings is 3. The maximum absolute atomic E-state index is 15.3. The van der Waals surface area contributed by atoms with Crippen LogP contribution in [0.4, 0.5) is 35.1 Å². The molecule has 0 aromatic heterocycles. The monoisotopic (exact) mass is 666 g/mol. The number of hydrogen-bond acceptors (Lipinski definition) is 1. The molecular formula is C38H42F8O. The minimum atomic E-state index is -3.61. The molecule has 3 aromatic rings. The Labute approximate surface area is 271 Å². The van der Waals surface area contributed by atoms with Crippen LogP contribution in [-0.2, 0) is 0 Å². The zero-order valence-electron chi connectivity index (χ0n) is 26.7. The second-order valence-corrected chi connectivity index (χ2v) is 13.5. The van der Waals surface area contributed by atoms with E-state index in [1.54, 1.807) is 12.1 Å². The molecule has 0 bridgehead atoms. The van der Waals surface area contributed by atoms with Crippen LogP contribution in [0.25, 0.3) is 11.1 Å². The number of rotatable bonds is 12. The molecule has 47 heavy (non-hydrogen) atoms. The largest absolute Gasteiger partial charge is 0.432 e. The van der Waals surface area contributed by atoms with E-state index in [9.17, 15) is 26.3 Å². The van der Waals surface area contributed by atoms with Gasteiger partial charge in [0.25, 0.3) is 0 Å². The van der Waals surface area contributed by atoms with Crippen LogP contribution in [0.3, 0.4) is 0 Å². The third-order valence-electron chi connectivity index (χ3n) is 10.3. The van der Waals surface area contributed by atoms with E-state index < -0.39 is 53.2 Å². The van der Waals surface area contributed by atoms with Crippen molar-refractivity contribution in [1.82, 2.24) is 0 Å². The van der Waals surface area contributed by atoms with Gasteiger partial charge in [0.2, 0.25) is 0 Å². The molecule has 3 aromatic carbocycles. The van der Waals surface area contributed by atoms with Gasteiger partial charge in [0.15, 0.2) is 29.1 Å². The Morgan fingerprint density at radius 3 is 1.66 bits per heavy atom. The molecule has 2 saturated carbocycles. The zero-order valence-corrected chi connectivity index (χ0v) is 26.7. The van der Waals surface area contributed by atoms with Crippen molar-refractivity contribution in [3.8, 4) is 16.9 Å². The van der Waals surface area contributed by atoms with E-state index in [2.05, 4.69) is 6.92 Å². The minimum absolute atomic E-state index is 0.0407. The van der Waals surface area contributed by atoms with Gasteiger partial charge in [-0.1, -0.05) is 44.7 Å². The fourth-order valence-corrected chi connectivity index (χ4v) is 7.52. The van der Waals surface area contributed by atoms with E-state index in [-0.39, 0.29) is 35.3 Å². The summed E-state index contributed by atoms with van der Waals surface area (Å²) < 4.78 is 120. The van der Waals surface area contributed by atoms with Gasteiger partial charge in [0.05, 0.1) is 6.42 Å². The molecule has 0 saturated heterocycles. The molecule has 0 radical (unpaired) electrons. The molecule has 0 heterocycles. The number of alkyl halides is 2. The van der Waals surface area contributed by atoms with Crippen LogP contribution in [0.1, 0.15) is 120 Å². The molecule has 0 spiro atoms. The van der Waals surface area contributed by atoms with Crippen molar-refractivity contribution in [2.24, 2.45) is 11.8 Å². The van der Waals surface area contributed by atoms with E-state index in [1.807, 2.05) is 0 Å². The van der Waals surface area contributed by atoms with Gasteiger partial charge < -0.3 is 4.74 Å². The van der Waals surface area contributed by atoms with Crippen molar-refractivity contribution >= 4 is 0 Å². The third-order valence-corrected chi connectivity index (χ3v) is 10.3. The van der Waals surface area contributed by atoms with Gasteiger partial charge in [-0.15, -0.1) is 0 Å². The van der Waals surface area contributed by atoms with Crippen molar-refractivity contribution in [3.05, 3.63) is 88.5 Å². The standard InChI is InChI=1S/C38H42F8O/c1-2-3-4-5-23-6-10-25(11-7-23)30-16-17-31(36(43)35(30)42)26-12-8-24(9-13-26)18-19-38(45,46)47-28-14-15-29(32(39)22-28)27-20-33(40)37(44)34(41)21-27/h14-17,20-26H,2-13,18-19H2,1H3. The Morgan fingerprint density at radius 1 is 0.617 bits per heavy atom. The summed E-state index contributed by atoms with van der Waals surface area (Å²) in [6.45, 7) is 2.19. The van der Waals surface area contributed by atoms with Gasteiger partial charge >= 0.3 is 6.11 Å². The number of hydrogen-bond donors (Lipinski definition) is 0. The Kier molecular flexibility index (Phi) is 11.5. The lowest BCUT2D eigenvalue weighted by Crippen LogP contribution is -2.26. The highest BCUT2D eigenvalue weighted by atomic mass is 19.3. The van der Waals surface area contributed by atoms with Crippen molar-refractivity contribution in [1.29, 1.82) is 0 Å². The van der Waals surface area contributed by atoms with Crippen LogP contribution in [0, 0.1) is 46.7 Å². The molecule has 0 unspecified atom stereocenters. The molecule has 0 atom stereocenters. The lowest BCUT2D eigenvalue weighted by atomic mass is 9.75. The Hall–Kier alpha value is -3.10. The van der Waals surface area contributed by atoms with E-state index in [4.69, 9.17) is 4.74 Å². The van der Waals surface area contributed by atoms with Crippen molar-refractivity contribution < 1.29 is 39.9 Å². The molecule has 2 aliphatic rings. The summed E-state index contributed by atoms with van der Waals surface area (Å²) in [4.78, 5) is 0. The molecule has 256 valence electrons. The third kappa shape index (κ3) is 8.69. The summed E-state index contributed by atoms with van der Waals surface area (Å²) in [7, 11) is 0. The van der Waals surface area contributed by atoms with E-state index >= 15 is 8.78 Å². The maximum Gasteiger partial charge on any atom is 0.397 e. The molecule has 0 aliphatic heterocycles. The molecular weight excluding hydrogens is 624 g/mol. The Bertz CT molecular complexity index is 1480. The quantitative estimate of drug-likeness (QED) is 0.106. The predicted octanol–water partition coefficient (Wildman–Crippen LogP) is 12.8. The first-order chi connectivity index (χ1) is 22.5. The lowest BCUT2D eigenvalue weighted by Gasteiger charge is -2.31. The number of halogens is 8.